The molecular formula is C24H25Cl2N3O5. The van der Waals surface area contributed by atoms with Gasteiger partial charge in [0.15, 0.2) is 6.61 Å². The number of nitrogens with zero attached hydrogens (tertiary/aromatic N) is 1. The summed E-state index contributed by atoms with van der Waals surface area (Å²) in [4.78, 5) is 49.6. The van der Waals surface area contributed by atoms with Crippen LogP contribution in [0, 0.1) is 5.92 Å². The number of carbonyl (C=O) groups excluding carboxylic acids is 4. The van der Waals surface area contributed by atoms with Gasteiger partial charge >= 0.3 is 5.97 Å². The molecular weight excluding hydrogens is 481 g/mol. The molecule has 0 spiro atoms. The summed E-state index contributed by atoms with van der Waals surface area (Å²) in [5.41, 5.74) is 5.30. The smallest absolute Gasteiger partial charge is 0.311 e. The summed E-state index contributed by atoms with van der Waals surface area (Å²) in [6, 6.07) is 10.2. The highest BCUT2D eigenvalue weighted by atomic mass is 35.5. The van der Waals surface area contributed by atoms with Gasteiger partial charge in [0.2, 0.25) is 5.91 Å². The first-order valence-electron chi connectivity index (χ1n) is 10.9. The Labute approximate surface area is 207 Å². The van der Waals surface area contributed by atoms with E-state index in [1.807, 2.05) is 32.0 Å². The summed E-state index contributed by atoms with van der Waals surface area (Å²) < 4.78 is 5.15. The zero-order valence-corrected chi connectivity index (χ0v) is 20.3. The lowest BCUT2D eigenvalue weighted by atomic mass is 10.0. The molecule has 180 valence electrons. The molecule has 0 radical (unpaired) electrons. The third kappa shape index (κ3) is 6.07. The number of anilines is 1. The second-order valence-electron chi connectivity index (χ2n) is 7.78. The van der Waals surface area contributed by atoms with Crippen molar-refractivity contribution in [1.82, 2.24) is 10.4 Å². The normalized spacial score (nSPS) is 15.2. The highest BCUT2D eigenvalue weighted by molar-refractivity contribution is 6.36. The molecule has 1 aliphatic heterocycles. The predicted octanol–water partition coefficient (Wildman–Crippen LogP) is 3.79. The van der Waals surface area contributed by atoms with E-state index in [9.17, 15) is 19.2 Å². The van der Waals surface area contributed by atoms with Crippen LogP contribution in [0.15, 0.2) is 36.4 Å². The number of benzene rings is 2. The number of esters is 1. The van der Waals surface area contributed by atoms with E-state index in [-0.39, 0.29) is 23.6 Å². The first-order valence-corrected chi connectivity index (χ1v) is 11.6. The molecule has 8 nitrogen and oxygen atoms in total. The van der Waals surface area contributed by atoms with Gasteiger partial charge < -0.3 is 10.1 Å². The van der Waals surface area contributed by atoms with Gasteiger partial charge in [0, 0.05) is 17.1 Å². The molecule has 1 aliphatic rings. The van der Waals surface area contributed by atoms with Gasteiger partial charge in [0.25, 0.3) is 11.8 Å². The summed E-state index contributed by atoms with van der Waals surface area (Å²) >= 11 is 11.9. The molecule has 1 fully saturated rings. The molecule has 2 N–H and O–H groups in total. The second kappa shape index (κ2) is 11.4. The van der Waals surface area contributed by atoms with Gasteiger partial charge in [-0.05, 0) is 42.2 Å². The van der Waals surface area contributed by atoms with Crippen molar-refractivity contribution in [2.75, 3.05) is 18.5 Å². The van der Waals surface area contributed by atoms with E-state index >= 15 is 0 Å². The fourth-order valence-corrected chi connectivity index (χ4v) is 4.16. The maximum absolute atomic E-state index is 12.5. The number of hydrogen-bond acceptors (Lipinski definition) is 5. The molecule has 34 heavy (non-hydrogen) atoms. The van der Waals surface area contributed by atoms with Crippen molar-refractivity contribution in [2.45, 2.75) is 33.1 Å². The largest absolute Gasteiger partial charge is 0.455 e. The van der Waals surface area contributed by atoms with Crippen molar-refractivity contribution in [2.24, 2.45) is 5.92 Å². The average molecular weight is 506 g/mol. The van der Waals surface area contributed by atoms with Crippen molar-refractivity contribution in [1.29, 1.82) is 0 Å². The molecule has 2 aromatic carbocycles. The molecule has 0 aromatic heterocycles. The lowest BCUT2D eigenvalue weighted by molar-refractivity contribution is -0.151. The number of ether oxygens (including phenoxy) is 1. The fourth-order valence-electron chi connectivity index (χ4n) is 3.66. The minimum atomic E-state index is -0.810. The van der Waals surface area contributed by atoms with Crippen LogP contribution in [-0.4, -0.2) is 41.9 Å². The Balaban J connectivity index is 1.54. The van der Waals surface area contributed by atoms with Crippen molar-refractivity contribution >= 4 is 52.6 Å². The van der Waals surface area contributed by atoms with Crippen LogP contribution >= 0.6 is 23.2 Å². The first-order chi connectivity index (χ1) is 16.2. The van der Waals surface area contributed by atoms with E-state index in [0.717, 1.165) is 34.7 Å². The van der Waals surface area contributed by atoms with Gasteiger partial charge in [-0.3, -0.25) is 29.6 Å². The Morgan fingerprint density at radius 2 is 1.76 bits per heavy atom. The molecule has 0 aliphatic carbocycles. The van der Waals surface area contributed by atoms with E-state index < -0.39 is 36.2 Å². The average Bonchev–Trinajstić information content (AvgIpc) is 3.17. The Kier molecular flexibility index (Phi) is 8.52. The third-order valence-electron chi connectivity index (χ3n) is 5.48. The zero-order valence-electron chi connectivity index (χ0n) is 18.8. The number of hydrazine groups is 1. The highest BCUT2D eigenvalue weighted by Crippen LogP contribution is 2.24. The minimum absolute atomic E-state index is 0.0745. The van der Waals surface area contributed by atoms with Gasteiger partial charge in [0.05, 0.1) is 23.0 Å². The van der Waals surface area contributed by atoms with E-state index in [0.29, 0.717) is 5.02 Å². The maximum Gasteiger partial charge on any atom is 0.311 e. The molecule has 1 saturated heterocycles. The summed E-state index contributed by atoms with van der Waals surface area (Å²) in [6.07, 6.45) is 1.35. The number of rotatable bonds is 8. The van der Waals surface area contributed by atoms with Crippen molar-refractivity contribution in [3.63, 3.8) is 0 Å². The van der Waals surface area contributed by atoms with Crippen LogP contribution in [0.5, 0.6) is 0 Å². The Morgan fingerprint density at radius 3 is 2.38 bits per heavy atom. The molecule has 10 heteroatoms. The van der Waals surface area contributed by atoms with Crippen LogP contribution in [0.2, 0.25) is 10.0 Å². The molecule has 3 amide bonds. The number of nitrogens with one attached hydrogen (secondary N) is 2. The van der Waals surface area contributed by atoms with E-state index in [1.165, 1.54) is 18.2 Å². The zero-order chi connectivity index (χ0) is 24.8. The van der Waals surface area contributed by atoms with Crippen LogP contribution in [0.25, 0.3) is 0 Å². The summed E-state index contributed by atoms with van der Waals surface area (Å²) in [5, 5.41) is 4.38. The van der Waals surface area contributed by atoms with Crippen LogP contribution in [0.4, 0.5) is 5.69 Å². The van der Waals surface area contributed by atoms with Crippen molar-refractivity contribution in [3.8, 4) is 0 Å². The minimum Gasteiger partial charge on any atom is -0.455 e. The monoisotopic (exact) mass is 505 g/mol. The van der Waals surface area contributed by atoms with Gasteiger partial charge in [-0.2, -0.15) is 0 Å². The van der Waals surface area contributed by atoms with Crippen LogP contribution in [0.1, 0.15) is 41.8 Å². The summed E-state index contributed by atoms with van der Waals surface area (Å²) in [7, 11) is 0. The number of aryl methyl sites for hydroxylation is 2. The Hall–Kier alpha value is -3.10. The van der Waals surface area contributed by atoms with Crippen LogP contribution < -0.4 is 10.7 Å². The molecule has 1 heterocycles. The van der Waals surface area contributed by atoms with Gasteiger partial charge in [-0.1, -0.05) is 55.2 Å². The highest BCUT2D eigenvalue weighted by Gasteiger charge is 2.37. The molecule has 2 aromatic rings. The molecule has 0 saturated carbocycles. The van der Waals surface area contributed by atoms with Gasteiger partial charge in [0.1, 0.15) is 0 Å². The standard InChI is InChI=1S/C24H25Cl2N3O5/c1-3-14-6-5-7-15(4-2)22(14)27-20(30)13-34-24(33)16-10-21(31)29(12-16)28-23(32)18-9-8-17(25)11-19(18)26/h5-9,11,16H,3-4,10,12-13H2,1-2H3,(H,27,30)(H,28,32)/t16-/m0/s1. The van der Waals surface area contributed by atoms with Crippen LogP contribution in [0.3, 0.4) is 0 Å². The van der Waals surface area contributed by atoms with E-state index in [4.69, 9.17) is 27.9 Å². The van der Waals surface area contributed by atoms with Crippen molar-refractivity contribution in [3.05, 3.63) is 63.1 Å². The SMILES string of the molecule is CCc1cccc(CC)c1NC(=O)COC(=O)[C@H]1CC(=O)N(NC(=O)c2ccc(Cl)cc2Cl)C1. The maximum atomic E-state index is 12.5. The topological polar surface area (TPSA) is 105 Å². The molecule has 0 unspecified atom stereocenters. The number of hydrogen-bond donors (Lipinski definition) is 2. The Bertz CT molecular complexity index is 1100. The molecule has 3 rings (SSSR count). The van der Waals surface area contributed by atoms with E-state index in [1.54, 1.807) is 0 Å². The van der Waals surface area contributed by atoms with Gasteiger partial charge in [-0.25, -0.2) is 0 Å². The number of para-hydroxylation sites is 1. The number of amides is 3. The molecule has 1 atom stereocenters. The van der Waals surface area contributed by atoms with E-state index in [2.05, 4.69) is 10.7 Å². The number of halogens is 2. The first kappa shape index (κ1) is 25.5. The fraction of sp³-hybridized carbons (Fsp3) is 0.333. The molecule has 0 bridgehead atoms. The Morgan fingerprint density at radius 1 is 1.09 bits per heavy atom. The predicted molar refractivity (Wildman–Crippen MR) is 129 cm³/mol. The summed E-state index contributed by atoms with van der Waals surface area (Å²) in [6.45, 7) is 3.44. The third-order valence-corrected chi connectivity index (χ3v) is 6.03. The lowest BCUT2D eigenvalue weighted by Gasteiger charge is -2.18. The summed E-state index contributed by atoms with van der Waals surface area (Å²) in [5.74, 6) is -3.02. The van der Waals surface area contributed by atoms with Gasteiger partial charge in [-0.15, -0.1) is 0 Å². The number of carbonyl (C=O) groups is 4. The quantitative estimate of drug-likeness (QED) is 0.531. The lowest BCUT2D eigenvalue weighted by Crippen LogP contribution is -2.43. The second-order valence-corrected chi connectivity index (χ2v) is 8.63. The van der Waals surface area contributed by atoms with Crippen molar-refractivity contribution < 1.29 is 23.9 Å². The van der Waals surface area contributed by atoms with Crippen LogP contribution in [-0.2, 0) is 32.0 Å².